The number of carbonyl (C=O) groups is 1. The molecule has 0 fully saturated rings. The third-order valence-electron chi connectivity index (χ3n) is 5.86. The standard InChI is InChI=1S/C25H52O4Si.CH2OS/c1-4-5-20-23-30-29-24(26)21-18-16-14-12-10-8-6-7-9-11-13-15-17-19-22-25(27-2)28-3;2-1-3/h25H,4-23,30H2,1-3H3;1H,(H,2,3). The number of aliphatic hydroxyl groups excluding tert-OH is 1. The first-order valence-corrected chi connectivity index (χ1v) is 15.5. The van der Waals surface area contributed by atoms with Crippen LogP contribution in [0.2, 0.25) is 6.04 Å². The van der Waals surface area contributed by atoms with Crippen molar-refractivity contribution < 1.29 is 23.8 Å². The van der Waals surface area contributed by atoms with E-state index in [0.717, 1.165) is 18.9 Å². The Hall–Kier alpha value is -0.503. The molecule has 1 N–H and O–H groups in total. The van der Waals surface area contributed by atoms with Crippen LogP contribution in [-0.2, 0) is 18.7 Å². The van der Waals surface area contributed by atoms with E-state index in [-0.39, 0.29) is 12.3 Å². The second-order valence-electron chi connectivity index (χ2n) is 8.78. The van der Waals surface area contributed by atoms with Gasteiger partial charge in [-0.25, -0.2) is 0 Å². The molecule has 0 spiro atoms. The largest absolute Gasteiger partial charge is 0.525 e. The summed E-state index contributed by atoms with van der Waals surface area (Å²) in [5, 5.41) is 7.26. The van der Waals surface area contributed by atoms with E-state index in [1.54, 1.807) is 14.2 Å². The SMILES string of the molecule is CCCCC[SiH2]OC(=O)CCCCCCCCCCCCCCCCC(OC)OC.OC=S. The number of hydrogen-bond donors (Lipinski definition) is 1. The lowest BCUT2D eigenvalue weighted by atomic mass is 10.0. The van der Waals surface area contributed by atoms with Crippen LogP contribution < -0.4 is 0 Å². The number of methoxy groups -OCH3 is 2. The van der Waals surface area contributed by atoms with Gasteiger partial charge in [-0.2, -0.15) is 0 Å². The monoisotopic (exact) mass is 506 g/mol. The molecule has 0 aromatic heterocycles. The first kappa shape index (κ1) is 34.7. The second kappa shape index (κ2) is 31.5. The topological polar surface area (TPSA) is 65.0 Å². The molecule has 0 amide bonds. The summed E-state index contributed by atoms with van der Waals surface area (Å²) < 4.78 is 15.8. The summed E-state index contributed by atoms with van der Waals surface area (Å²) in [5.41, 5.74) is 0.583. The van der Waals surface area contributed by atoms with E-state index in [4.69, 9.17) is 19.0 Å². The predicted molar refractivity (Wildman–Crippen MR) is 147 cm³/mol. The number of thiocarbonyl (C=S) groups is 1. The van der Waals surface area contributed by atoms with Gasteiger partial charge in [0.2, 0.25) is 9.76 Å². The normalized spacial score (nSPS) is 11.0. The Kier molecular flexibility index (Phi) is 33.1. The van der Waals surface area contributed by atoms with Gasteiger partial charge in [0.25, 0.3) is 5.97 Å². The van der Waals surface area contributed by atoms with E-state index < -0.39 is 9.76 Å². The molecule has 0 atom stereocenters. The number of aliphatic hydroxyl groups is 1. The van der Waals surface area contributed by atoms with Crippen LogP contribution in [0.3, 0.4) is 0 Å². The Morgan fingerprint density at radius 3 is 1.64 bits per heavy atom. The van der Waals surface area contributed by atoms with Crippen molar-refractivity contribution in [3.63, 3.8) is 0 Å². The Morgan fingerprint density at radius 2 is 1.21 bits per heavy atom. The molecule has 0 radical (unpaired) electrons. The molecule has 0 aromatic rings. The van der Waals surface area contributed by atoms with Crippen LogP contribution in [0.4, 0.5) is 0 Å². The Morgan fingerprint density at radius 1 is 0.788 bits per heavy atom. The molecule has 0 aromatic carbocycles. The third kappa shape index (κ3) is 31.5. The molecular weight excluding hydrogens is 452 g/mol. The van der Waals surface area contributed by atoms with E-state index in [9.17, 15) is 4.79 Å². The fraction of sp³-hybridized carbons (Fsp3) is 0.923. The quantitative estimate of drug-likeness (QED) is 0.0630. The summed E-state index contributed by atoms with van der Waals surface area (Å²) in [6.07, 6.45) is 23.7. The molecule has 0 bridgehead atoms. The van der Waals surface area contributed by atoms with Gasteiger partial charge in [0, 0.05) is 20.6 Å². The van der Waals surface area contributed by atoms with E-state index >= 15 is 0 Å². The van der Waals surface area contributed by atoms with Crippen molar-refractivity contribution >= 4 is 33.5 Å². The lowest BCUT2D eigenvalue weighted by molar-refractivity contribution is -0.134. The van der Waals surface area contributed by atoms with Crippen molar-refractivity contribution in [1.82, 2.24) is 0 Å². The summed E-state index contributed by atoms with van der Waals surface area (Å²) in [5.74, 6) is 0.0623. The van der Waals surface area contributed by atoms with E-state index in [1.807, 2.05) is 0 Å². The van der Waals surface area contributed by atoms with E-state index in [1.165, 1.54) is 103 Å². The van der Waals surface area contributed by atoms with Gasteiger partial charge in [-0.1, -0.05) is 103 Å². The molecule has 0 saturated heterocycles. The zero-order valence-corrected chi connectivity index (χ0v) is 24.2. The van der Waals surface area contributed by atoms with E-state index in [2.05, 4.69) is 19.1 Å². The number of ether oxygens (including phenoxy) is 2. The Labute approximate surface area is 212 Å². The van der Waals surface area contributed by atoms with Gasteiger partial charge in [-0.05, 0) is 37.5 Å². The van der Waals surface area contributed by atoms with Crippen molar-refractivity contribution in [3.8, 4) is 0 Å². The minimum Gasteiger partial charge on any atom is -0.525 e. The van der Waals surface area contributed by atoms with Gasteiger partial charge in [-0.3, -0.25) is 4.79 Å². The zero-order chi connectivity index (χ0) is 24.8. The molecule has 198 valence electrons. The highest BCUT2D eigenvalue weighted by atomic mass is 32.1. The molecule has 0 unspecified atom stereocenters. The van der Waals surface area contributed by atoms with Crippen molar-refractivity contribution in [1.29, 1.82) is 0 Å². The Balaban J connectivity index is 0. The van der Waals surface area contributed by atoms with Crippen LogP contribution in [0.1, 0.15) is 129 Å². The number of rotatable bonds is 24. The molecule has 0 aliphatic heterocycles. The van der Waals surface area contributed by atoms with E-state index in [0.29, 0.717) is 12.0 Å². The third-order valence-corrected chi connectivity index (χ3v) is 7.17. The summed E-state index contributed by atoms with van der Waals surface area (Å²) in [6, 6.07) is 1.16. The first-order chi connectivity index (χ1) is 16.2. The number of hydrogen-bond acceptors (Lipinski definition) is 5. The molecular formula is C26H54O5SSi. The van der Waals surface area contributed by atoms with Gasteiger partial charge in [-0.15, -0.1) is 0 Å². The fourth-order valence-electron chi connectivity index (χ4n) is 3.82. The van der Waals surface area contributed by atoms with Crippen LogP contribution in [0.15, 0.2) is 0 Å². The second-order valence-corrected chi connectivity index (χ2v) is 10.4. The molecule has 0 rings (SSSR count). The first-order valence-electron chi connectivity index (χ1n) is 13.4. The van der Waals surface area contributed by atoms with Crippen LogP contribution in [0.5, 0.6) is 0 Å². The van der Waals surface area contributed by atoms with Gasteiger partial charge in [0.15, 0.2) is 6.29 Å². The maximum Gasteiger partial charge on any atom is 0.292 e. The van der Waals surface area contributed by atoms with Gasteiger partial charge in [0.1, 0.15) is 5.55 Å². The average Bonchev–Trinajstić information content (AvgIpc) is 2.81. The molecule has 0 saturated carbocycles. The van der Waals surface area contributed by atoms with Crippen molar-refractivity contribution in [2.45, 2.75) is 141 Å². The van der Waals surface area contributed by atoms with Crippen molar-refractivity contribution in [2.75, 3.05) is 14.2 Å². The highest BCUT2D eigenvalue weighted by Gasteiger charge is 2.04. The molecule has 7 heteroatoms. The van der Waals surface area contributed by atoms with Crippen molar-refractivity contribution in [2.24, 2.45) is 0 Å². The molecule has 5 nitrogen and oxygen atoms in total. The van der Waals surface area contributed by atoms with Crippen LogP contribution >= 0.6 is 12.2 Å². The maximum atomic E-state index is 11.7. The summed E-state index contributed by atoms with van der Waals surface area (Å²) >= 11 is 3.82. The highest BCUT2D eigenvalue weighted by Crippen LogP contribution is 2.14. The average molecular weight is 507 g/mol. The summed E-state index contributed by atoms with van der Waals surface area (Å²) in [4.78, 5) is 11.7. The molecule has 0 aliphatic rings. The minimum absolute atomic E-state index is 0.0203. The van der Waals surface area contributed by atoms with Gasteiger partial charge in [0.05, 0.1) is 0 Å². The summed E-state index contributed by atoms with van der Waals surface area (Å²) in [6.45, 7) is 2.21. The van der Waals surface area contributed by atoms with Gasteiger partial charge < -0.3 is 19.0 Å². The van der Waals surface area contributed by atoms with Crippen LogP contribution in [0, 0.1) is 0 Å². The molecule has 0 heterocycles. The van der Waals surface area contributed by atoms with Crippen LogP contribution in [-0.4, -0.2) is 46.9 Å². The molecule has 33 heavy (non-hydrogen) atoms. The fourth-order valence-corrected chi connectivity index (χ4v) is 4.89. The van der Waals surface area contributed by atoms with Crippen molar-refractivity contribution in [3.05, 3.63) is 0 Å². The maximum absolute atomic E-state index is 11.7. The minimum atomic E-state index is -0.586. The summed E-state index contributed by atoms with van der Waals surface area (Å²) in [7, 11) is 2.84. The predicted octanol–water partition coefficient (Wildman–Crippen LogP) is 7.58. The lowest BCUT2D eigenvalue weighted by Gasteiger charge is -2.12. The smallest absolute Gasteiger partial charge is 0.292 e. The zero-order valence-electron chi connectivity index (χ0n) is 22.0. The highest BCUT2D eigenvalue weighted by molar-refractivity contribution is 7.78. The van der Waals surface area contributed by atoms with Gasteiger partial charge >= 0.3 is 0 Å². The number of unbranched alkanes of at least 4 members (excludes halogenated alkanes) is 15. The van der Waals surface area contributed by atoms with Crippen LogP contribution in [0.25, 0.3) is 0 Å². The number of carbonyl (C=O) groups excluding carboxylic acids is 1. The lowest BCUT2D eigenvalue weighted by Crippen LogP contribution is -2.12. The Bertz CT molecular complexity index is 395. The molecule has 0 aliphatic carbocycles.